The maximum atomic E-state index is 2.35. The molecule has 0 aromatic heterocycles. The minimum Gasteiger partial charge on any atom is -0.0839 e. The zero-order valence-corrected chi connectivity index (χ0v) is 9.69. The summed E-state index contributed by atoms with van der Waals surface area (Å²) < 4.78 is 0. The molecule has 0 N–H and O–H groups in total. The Morgan fingerprint density at radius 1 is 1.00 bits per heavy atom. The number of hydrogen-bond acceptors (Lipinski definition) is 0. The van der Waals surface area contributed by atoms with Crippen LogP contribution in [0.2, 0.25) is 0 Å². The Kier molecular flexibility index (Phi) is 1.81. The van der Waals surface area contributed by atoms with E-state index in [9.17, 15) is 0 Å². The van der Waals surface area contributed by atoms with E-state index in [2.05, 4.69) is 54.7 Å². The summed E-state index contributed by atoms with van der Waals surface area (Å²) in [5.74, 6) is 0.527. The van der Waals surface area contributed by atoms with Crippen LogP contribution in [0.4, 0.5) is 0 Å². The molecule has 17 heavy (non-hydrogen) atoms. The van der Waals surface area contributed by atoms with Crippen molar-refractivity contribution < 1.29 is 0 Å². The topological polar surface area (TPSA) is 0 Å². The number of allylic oxidation sites excluding steroid dienone is 14. The number of fused-ring (bicyclic) bond motifs is 2. The summed E-state index contributed by atoms with van der Waals surface area (Å²) in [6.45, 7) is 0. The highest BCUT2D eigenvalue weighted by Crippen LogP contribution is 2.49. The van der Waals surface area contributed by atoms with E-state index >= 15 is 0 Å². The lowest BCUT2D eigenvalue weighted by Gasteiger charge is -2.12. The van der Waals surface area contributed by atoms with Crippen molar-refractivity contribution in [3.63, 3.8) is 0 Å². The molecule has 0 aromatic carbocycles. The van der Waals surface area contributed by atoms with Gasteiger partial charge in [0.2, 0.25) is 0 Å². The molecule has 4 aliphatic carbocycles. The molecule has 0 spiro atoms. The third-order valence-electron chi connectivity index (χ3n) is 4.01. The molecule has 4 rings (SSSR count). The van der Waals surface area contributed by atoms with Crippen molar-refractivity contribution in [2.45, 2.75) is 12.8 Å². The van der Waals surface area contributed by atoms with Gasteiger partial charge in [-0.05, 0) is 40.7 Å². The molecule has 0 bridgehead atoms. The van der Waals surface area contributed by atoms with Gasteiger partial charge in [-0.25, -0.2) is 0 Å². The Balaban J connectivity index is 1.97. The van der Waals surface area contributed by atoms with Crippen LogP contribution < -0.4 is 0 Å². The standard InChI is InChI=1S/C17H14/c1-2-6-12-10-11-16-14-8-5-4-7-13(14)15(9-3-1)17(12)16/h1-3,5-6,8-11,16H,4,7H2/b2-1-,3-1?,6-2?,9-3?,12-6-,15-9?. The second-order valence-corrected chi connectivity index (χ2v) is 4.91. The van der Waals surface area contributed by atoms with Gasteiger partial charge in [0.15, 0.2) is 0 Å². The highest BCUT2D eigenvalue weighted by Gasteiger charge is 2.34. The molecule has 0 heteroatoms. The first-order valence-corrected chi connectivity index (χ1v) is 6.33. The van der Waals surface area contributed by atoms with Crippen LogP contribution in [0.15, 0.2) is 82.5 Å². The molecule has 1 unspecified atom stereocenters. The van der Waals surface area contributed by atoms with E-state index in [1.54, 1.807) is 5.57 Å². The van der Waals surface area contributed by atoms with Gasteiger partial charge in [0.05, 0.1) is 0 Å². The van der Waals surface area contributed by atoms with E-state index in [-0.39, 0.29) is 0 Å². The zero-order chi connectivity index (χ0) is 11.2. The Morgan fingerprint density at radius 3 is 3.00 bits per heavy atom. The quantitative estimate of drug-likeness (QED) is 0.572. The van der Waals surface area contributed by atoms with Gasteiger partial charge in [-0.3, -0.25) is 0 Å². The first-order chi connectivity index (χ1) is 8.45. The fourth-order valence-electron chi connectivity index (χ4n) is 3.29. The first kappa shape index (κ1) is 9.23. The Hall–Kier alpha value is -1.82. The van der Waals surface area contributed by atoms with Crippen molar-refractivity contribution in [1.82, 2.24) is 0 Å². The van der Waals surface area contributed by atoms with Crippen LogP contribution in [0.25, 0.3) is 0 Å². The van der Waals surface area contributed by atoms with Crippen molar-refractivity contribution in [2.75, 3.05) is 0 Å². The van der Waals surface area contributed by atoms with Gasteiger partial charge in [0.25, 0.3) is 0 Å². The summed E-state index contributed by atoms with van der Waals surface area (Å²) in [4.78, 5) is 0. The first-order valence-electron chi connectivity index (χ1n) is 6.33. The molecule has 0 radical (unpaired) electrons. The maximum absolute atomic E-state index is 2.35. The Morgan fingerprint density at radius 2 is 2.00 bits per heavy atom. The smallest absolute Gasteiger partial charge is 0.0287 e. The van der Waals surface area contributed by atoms with E-state index in [1.165, 1.54) is 35.1 Å². The van der Waals surface area contributed by atoms with Crippen molar-refractivity contribution in [2.24, 2.45) is 5.92 Å². The second-order valence-electron chi connectivity index (χ2n) is 4.91. The fourth-order valence-corrected chi connectivity index (χ4v) is 3.29. The minimum atomic E-state index is 0.527. The third-order valence-corrected chi connectivity index (χ3v) is 4.01. The van der Waals surface area contributed by atoms with Crippen molar-refractivity contribution in [3.05, 3.63) is 82.5 Å². The predicted octanol–water partition coefficient (Wildman–Crippen LogP) is 4.18. The van der Waals surface area contributed by atoms with Gasteiger partial charge >= 0.3 is 0 Å². The Labute approximate surface area is 102 Å². The predicted molar refractivity (Wildman–Crippen MR) is 71.4 cm³/mol. The van der Waals surface area contributed by atoms with Crippen LogP contribution in [0.3, 0.4) is 0 Å². The molecule has 4 aliphatic rings. The van der Waals surface area contributed by atoms with Crippen molar-refractivity contribution in [3.8, 4) is 0 Å². The average molecular weight is 218 g/mol. The monoisotopic (exact) mass is 218 g/mol. The lowest BCUT2D eigenvalue weighted by atomic mass is 9.92. The van der Waals surface area contributed by atoms with Gasteiger partial charge in [0.1, 0.15) is 0 Å². The van der Waals surface area contributed by atoms with Gasteiger partial charge in [-0.15, -0.1) is 0 Å². The van der Waals surface area contributed by atoms with Gasteiger partial charge in [-0.2, -0.15) is 0 Å². The van der Waals surface area contributed by atoms with Crippen LogP contribution in [0.1, 0.15) is 12.8 Å². The maximum Gasteiger partial charge on any atom is 0.0287 e. The molecule has 0 heterocycles. The molecule has 0 saturated carbocycles. The van der Waals surface area contributed by atoms with Crippen LogP contribution >= 0.6 is 0 Å². The normalized spacial score (nSPS) is 33.2. The molecule has 0 fully saturated rings. The highest BCUT2D eigenvalue weighted by atomic mass is 14.4. The summed E-state index contributed by atoms with van der Waals surface area (Å²) in [5, 5.41) is 0. The van der Waals surface area contributed by atoms with Gasteiger partial charge in [0, 0.05) is 5.92 Å². The summed E-state index contributed by atoms with van der Waals surface area (Å²) in [5.41, 5.74) is 7.52. The van der Waals surface area contributed by atoms with Gasteiger partial charge < -0.3 is 0 Å². The molecule has 0 aromatic rings. The largest absolute Gasteiger partial charge is 0.0839 e. The van der Waals surface area contributed by atoms with Crippen LogP contribution in [0.5, 0.6) is 0 Å². The Bertz CT molecular complexity index is 598. The SMILES string of the molecule is C1=CC2=C3/C(=C\C=C/1)C=CC3C1=C2CCC=C1. The molecule has 0 aliphatic heterocycles. The summed E-state index contributed by atoms with van der Waals surface area (Å²) in [6.07, 6.45) is 22.6. The molecular weight excluding hydrogens is 204 g/mol. The van der Waals surface area contributed by atoms with Crippen molar-refractivity contribution in [1.29, 1.82) is 0 Å². The van der Waals surface area contributed by atoms with Crippen LogP contribution in [-0.2, 0) is 0 Å². The molecule has 0 amide bonds. The van der Waals surface area contributed by atoms with E-state index in [0.717, 1.165) is 0 Å². The second kappa shape index (κ2) is 3.33. The lowest BCUT2D eigenvalue weighted by molar-refractivity contribution is 0.923. The molecule has 0 nitrogen and oxygen atoms in total. The lowest BCUT2D eigenvalue weighted by Crippen LogP contribution is -1.97. The number of hydrogen-bond donors (Lipinski definition) is 0. The van der Waals surface area contributed by atoms with Gasteiger partial charge in [-0.1, -0.05) is 54.7 Å². The molecule has 1 atom stereocenters. The van der Waals surface area contributed by atoms with E-state index in [0.29, 0.717) is 5.92 Å². The minimum absolute atomic E-state index is 0.527. The summed E-state index contributed by atoms with van der Waals surface area (Å²) >= 11 is 0. The third kappa shape index (κ3) is 1.18. The highest BCUT2D eigenvalue weighted by molar-refractivity contribution is 5.71. The fraction of sp³-hybridized carbons (Fsp3) is 0.176. The van der Waals surface area contributed by atoms with Crippen LogP contribution in [0, 0.1) is 5.92 Å². The molecular formula is C17H14. The molecule has 82 valence electrons. The van der Waals surface area contributed by atoms with Crippen molar-refractivity contribution >= 4 is 0 Å². The van der Waals surface area contributed by atoms with E-state index in [1.807, 2.05) is 0 Å². The van der Waals surface area contributed by atoms with E-state index in [4.69, 9.17) is 0 Å². The number of rotatable bonds is 0. The van der Waals surface area contributed by atoms with Crippen LogP contribution in [-0.4, -0.2) is 0 Å². The molecule has 0 saturated heterocycles. The zero-order valence-electron chi connectivity index (χ0n) is 9.69. The average Bonchev–Trinajstić information content (AvgIpc) is 2.84. The van der Waals surface area contributed by atoms with E-state index < -0.39 is 0 Å². The summed E-state index contributed by atoms with van der Waals surface area (Å²) in [6, 6.07) is 0. The summed E-state index contributed by atoms with van der Waals surface area (Å²) in [7, 11) is 0.